The monoisotopic (exact) mass is 281 g/mol. The number of amides is 1. The first-order valence-corrected chi connectivity index (χ1v) is 8.12. The molecule has 0 saturated heterocycles. The summed E-state index contributed by atoms with van der Waals surface area (Å²) in [5.74, 6) is 1.59. The number of nitrogens with one attached hydrogen (secondary N) is 1. The molecule has 0 bridgehead atoms. The van der Waals surface area contributed by atoms with Crippen LogP contribution in [-0.4, -0.2) is 23.8 Å². The van der Waals surface area contributed by atoms with Gasteiger partial charge in [0.1, 0.15) is 10.7 Å². The second-order valence-corrected chi connectivity index (χ2v) is 6.45. The molecule has 1 saturated carbocycles. The molecule has 4 heteroatoms. The molecule has 0 aromatic carbocycles. The van der Waals surface area contributed by atoms with E-state index in [0.29, 0.717) is 6.61 Å². The summed E-state index contributed by atoms with van der Waals surface area (Å²) >= 11 is 1.56. The Labute approximate surface area is 119 Å². The molecule has 1 aliphatic carbocycles. The Hall–Kier alpha value is -0.900. The summed E-state index contributed by atoms with van der Waals surface area (Å²) in [4.78, 5) is 13.2. The number of hydrogen-bond acceptors (Lipinski definition) is 3. The van der Waals surface area contributed by atoms with Crippen LogP contribution >= 0.6 is 11.8 Å². The van der Waals surface area contributed by atoms with Crippen molar-refractivity contribution in [3.63, 3.8) is 0 Å². The van der Waals surface area contributed by atoms with E-state index in [1.165, 1.54) is 19.3 Å². The second kappa shape index (κ2) is 6.51. The zero-order valence-corrected chi connectivity index (χ0v) is 12.6. The summed E-state index contributed by atoms with van der Waals surface area (Å²) in [5.41, 5.74) is -0.0403. The molecule has 0 aromatic heterocycles. The molecule has 106 valence electrons. The second-order valence-electron chi connectivity index (χ2n) is 5.42. The fourth-order valence-corrected chi connectivity index (χ4v) is 3.48. The highest BCUT2D eigenvalue weighted by molar-refractivity contribution is 8.04. The number of rotatable bonds is 4. The normalized spacial score (nSPS) is 22.2. The van der Waals surface area contributed by atoms with Gasteiger partial charge in [-0.1, -0.05) is 25.3 Å². The summed E-state index contributed by atoms with van der Waals surface area (Å²) in [6.07, 6.45) is 9.82. The third-order valence-corrected chi connectivity index (χ3v) is 4.73. The van der Waals surface area contributed by atoms with Gasteiger partial charge >= 0.3 is 0 Å². The minimum absolute atomic E-state index is 0.0298. The van der Waals surface area contributed by atoms with Crippen LogP contribution in [0.2, 0.25) is 0 Å². The molecule has 1 heterocycles. The van der Waals surface area contributed by atoms with Crippen molar-refractivity contribution >= 4 is 17.7 Å². The largest absolute Gasteiger partial charge is 0.493 e. The van der Waals surface area contributed by atoms with E-state index in [2.05, 4.69) is 12.2 Å². The molecular formula is C15H23NO2S. The zero-order chi connectivity index (χ0) is 13.7. The summed E-state index contributed by atoms with van der Waals surface area (Å²) in [5, 5.41) is 3.22. The van der Waals surface area contributed by atoms with E-state index in [-0.39, 0.29) is 11.4 Å². The van der Waals surface area contributed by atoms with Crippen molar-refractivity contribution in [2.24, 2.45) is 0 Å². The summed E-state index contributed by atoms with van der Waals surface area (Å²) in [6, 6.07) is 0. The average molecular weight is 281 g/mol. The average Bonchev–Trinajstić information content (AvgIpc) is 2.40. The van der Waals surface area contributed by atoms with Crippen LogP contribution in [0.15, 0.2) is 22.8 Å². The highest BCUT2D eigenvalue weighted by Crippen LogP contribution is 2.31. The molecule has 19 heavy (non-hydrogen) atoms. The van der Waals surface area contributed by atoms with E-state index >= 15 is 0 Å². The molecule has 1 aliphatic heterocycles. The van der Waals surface area contributed by atoms with Gasteiger partial charge in [-0.15, -0.1) is 11.8 Å². The van der Waals surface area contributed by atoms with Crippen molar-refractivity contribution in [3.05, 3.63) is 22.8 Å². The quantitative estimate of drug-likeness (QED) is 0.858. The smallest absolute Gasteiger partial charge is 0.261 e. The maximum absolute atomic E-state index is 12.5. The van der Waals surface area contributed by atoms with Gasteiger partial charge in [0.15, 0.2) is 0 Å². The van der Waals surface area contributed by atoms with Crippen molar-refractivity contribution in [2.75, 3.05) is 12.4 Å². The summed E-state index contributed by atoms with van der Waals surface area (Å²) < 4.78 is 5.55. The third kappa shape index (κ3) is 3.78. The van der Waals surface area contributed by atoms with Gasteiger partial charge in [-0.05, 0) is 32.8 Å². The van der Waals surface area contributed by atoms with Crippen LogP contribution in [0.25, 0.3) is 0 Å². The number of thioether (sulfide) groups is 1. The first-order chi connectivity index (χ1) is 9.14. The van der Waals surface area contributed by atoms with Gasteiger partial charge in [-0.3, -0.25) is 4.79 Å². The molecule has 0 unspecified atom stereocenters. The van der Waals surface area contributed by atoms with Crippen LogP contribution in [0, 0.1) is 0 Å². The molecule has 0 aromatic rings. The maximum Gasteiger partial charge on any atom is 0.261 e. The fourth-order valence-electron chi connectivity index (χ4n) is 2.67. The number of ether oxygens (including phenoxy) is 1. The van der Waals surface area contributed by atoms with Crippen molar-refractivity contribution in [1.82, 2.24) is 5.32 Å². The van der Waals surface area contributed by atoms with E-state index in [0.717, 1.165) is 29.3 Å². The third-order valence-electron chi connectivity index (χ3n) is 3.70. The summed E-state index contributed by atoms with van der Waals surface area (Å²) in [7, 11) is 0. The van der Waals surface area contributed by atoms with Crippen molar-refractivity contribution in [3.8, 4) is 0 Å². The van der Waals surface area contributed by atoms with Gasteiger partial charge < -0.3 is 10.1 Å². The molecule has 1 amide bonds. The van der Waals surface area contributed by atoms with E-state index < -0.39 is 0 Å². The molecule has 0 spiro atoms. The molecule has 1 N–H and O–H groups in total. The van der Waals surface area contributed by atoms with Crippen LogP contribution in [0.1, 0.15) is 46.0 Å². The first-order valence-electron chi connectivity index (χ1n) is 7.13. The van der Waals surface area contributed by atoms with Gasteiger partial charge in [0.2, 0.25) is 0 Å². The van der Waals surface area contributed by atoms with Crippen LogP contribution in [0.4, 0.5) is 0 Å². The Balaban J connectivity index is 2.07. The minimum atomic E-state index is -0.0403. The minimum Gasteiger partial charge on any atom is -0.493 e. The number of allylic oxidation sites excluding steroid dienone is 1. The Morgan fingerprint density at radius 3 is 2.84 bits per heavy atom. The van der Waals surface area contributed by atoms with Gasteiger partial charge in [-0.2, -0.15) is 0 Å². The molecular weight excluding hydrogens is 258 g/mol. The lowest BCUT2D eigenvalue weighted by molar-refractivity contribution is -0.119. The Bertz CT molecular complexity index is 395. The maximum atomic E-state index is 12.5. The number of carbonyl (C=O) groups is 1. The number of carbonyl (C=O) groups excluding carboxylic acids is 1. The highest BCUT2D eigenvalue weighted by atomic mass is 32.2. The van der Waals surface area contributed by atoms with Gasteiger partial charge in [0, 0.05) is 11.3 Å². The Morgan fingerprint density at radius 2 is 2.16 bits per heavy atom. The zero-order valence-electron chi connectivity index (χ0n) is 11.8. The van der Waals surface area contributed by atoms with Crippen LogP contribution in [-0.2, 0) is 9.53 Å². The van der Waals surface area contributed by atoms with E-state index in [1.54, 1.807) is 11.8 Å². The van der Waals surface area contributed by atoms with E-state index in [9.17, 15) is 4.79 Å². The lowest BCUT2D eigenvalue weighted by atomic mass is 9.83. The SMILES string of the molecule is CCOC1=C(C(=O)NC2(C)CCCCC2)SCC=C1. The molecule has 2 rings (SSSR count). The lowest BCUT2D eigenvalue weighted by Gasteiger charge is -2.35. The van der Waals surface area contributed by atoms with Gasteiger partial charge in [0.25, 0.3) is 5.91 Å². The van der Waals surface area contributed by atoms with Gasteiger partial charge in [-0.25, -0.2) is 0 Å². The Kier molecular flexibility index (Phi) is 4.97. The van der Waals surface area contributed by atoms with Crippen LogP contribution < -0.4 is 5.32 Å². The topological polar surface area (TPSA) is 38.3 Å². The van der Waals surface area contributed by atoms with Crippen molar-refractivity contribution in [2.45, 2.75) is 51.5 Å². The van der Waals surface area contributed by atoms with Crippen LogP contribution in [0.5, 0.6) is 0 Å². The van der Waals surface area contributed by atoms with E-state index in [1.807, 2.05) is 19.1 Å². The standard InChI is InChI=1S/C15H23NO2S/c1-3-18-12-8-7-11-19-13(12)14(17)16-15(2)9-5-4-6-10-15/h7-8H,3-6,9-11H2,1-2H3,(H,16,17). The lowest BCUT2D eigenvalue weighted by Crippen LogP contribution is -2.47. The summed E-state index contributed by atoms with van der Waals surface area (Å²) in [6.45, 7) is 4.70. The van der Waals surface area contributed by atoms with E-state index in [4.69, 9.17) is 4.74 Å². The molecule has 3 nitrogen and oxygen atoms in total. The van der Waals surface area contributed by atoms with Crippen molar-refractivity contribution in [1.29, 1.82) is 0 Å². The molecule has 2 aliphatic rings. The first kappa shape index (κ1) is 14.5. The molecule has 0 radical (unpaired) electrons. The molecule has 1 fully saturated rings. The Morgan fingerprint density at radius 1 is 1.42 bits per heavy atom. The van der Waals surface area contributed by atoms with Crippen LogP contribution in [0.3, 0.4) is 0 Å². The predicted octanol–water partition coefficient (Wildman–Crippen LogP) is 3.38. The fraction of sp³-hybridized carbons (Fsp3) is 0.667. The highest BCUT2D eigenvalue weighted by Gasteiger charge is 2.30. The molecule has 0 atom stereocenters. The van der Waals surface area contributed by atoms with Crippen molar-refractivity contribution < 1.29 is 9.53 Å². The van der Waals surface area contributed by atoms with Gasteiger partial charge in [0.05, 0.1) is 6.61 Å². The number of hydrogen-bond donors (Lipinski definition) is 1. The predicted molar refractivity (Wildman–Crippen MR) is 79.9 cm³/mol.